The third-order valence-corrected chi connectivity index (χ3v) is 2.66. The summed E-state index contributed by atoms with van der Waals surface area (Å²) >= 11 is 0. The first-order valence-corrected chi connectivity index (χ1v) is 5.39. The van der Waals surface area contributed by atoms with E-state index in [9.17, 15) is 0 Å². The molecule has 0 aromatic carbocycles. The molecule has 1 aliphatic rings. The minimum atomic E-state index is 0.627. The SMILES string of the molecule is CCn1ccc(NC[C@H]2CCCN2)n1. The van der Waals surface area contributed by atoms with Crippen LogP contribution in [-0.2, 0) is 6.54 Å². The highest BCUT2D eigenvalue weighted by Gasteiger charge is 2.13. The molecule has 1 aromatic rings. The van der Waals surface area contributed by atoms with Crippen LogP contribution in [0.15, 0.2) is 12.3 Å². The van der Waals surface area contributed by atoms with Gasteiger partial charge in [0.2, 0.25) is 0 Å². The molecule has 0 spiro atoms. The molecule has 0 aliphatic carbocycles. The molecular formula is C10H18N4. The Morgan fingerprint density at radius 3 is 3.29 bits per heavy atom. The number of hydrogen-bond donors (Lipinski definition) is 2. The van der Waals surface area contributed by atoms with Gasteiger partial charge in [0.05, 0.1) is 0 Å². The average molecular weight is 194 g/mol. The molecule has 1 aliphatic heterocycles. The fraction of sp³-hybridized carbons (Fsp3) is 0.700. The predicted octanol–water partition coefficient (Wildman–Crippen LogP) is 1.07. The summed E-state index contributed by atoms with van der Waals surface area (Å²) in [5.74, 6) is 0.987. The highest BCUT2D eigenvalue weighted by atomic mass is 15.3. The van der Waals surface area contributed by atoms with Crippen LogP contribution in [0, 0.1) is 0 Å². The van der Waals surface area contributed by atoms with Gasteiger partial charge in [-0.25, -0.2) is 0 Å². The van der Waals surface area contributed by atoms with Crippen molar-refractivity contribution >= 4 is 5.82 Å². The van der Waals surface area contributed by atoms with Gasteiger partial charge >= 0.3 is 0 Å². The van der Waals surface area contributed by atoms with E-state index >= 15 is 0 Å². The van der Waals surface area contributed by atoms with Crippen molar-refractivity contribution in [2.24, 2.45) is 0 Å². The Morgan fingerprint density at radius 1 is 1.71 bits per heavy atom. The smallest absolute Gasteiger partial charge is 0.148 e. The van der Waals surface area contributed by atoms with Crippen LogP contribution in [0.3, 0.4) is 0 Å². The fourth-order valence-corrected chi connectivity index (χ4v) is 1.79. The predicted molar refractivity (Wildman–Crippen MR) is 57.4 cm³/mol. The summed E-state index contributed by atoms with van der Waals surface area (Å²) in [5, 5.41) is 11.2. The lowest BCUT2D eigenvalue weighted by molar-refractivity contribution is 0.626. The van der Waals surface area contributed by atoms with Crippen molar-refractivity contribution < 1.29 is 0 Å². The van der Waals surface area contributed by atoms with Crippen LogP contribution >= 0.6 is 0 Å². The van der Waals surface area contributed by atoms with E-state index in [1.54, 1.807) is 0 Å². The third kappa shape index (κ3) is 2.26. The summed E-state index contributed by atoms with van der Waals surface area (Å²) in [6.45, 7) is 5.18. The van der Waals surface area contributed by atoms with Gasteiger partial charge in [-0.1, -0.05) is 0 Å². The maximum atomic E-state index is 4.37. The molecule has 1 saturated heterocycles. The summed E-state index contributed by atoms with van der Waals surface area (Å²) in [7, 11) is 0. The van der Waals surface area contributed by atoms with Gasteiger partial charge in [-0.2, -0.15) is 5.10 Å². The van der Waals surface area contributed by atoms with Gasteiger partial charge in [-0.3, -0.25) is 4.68 Å². The van der Waals surface area contributed by atoms with E-state index in [2.05, 4.69) is 22.7 Å². The van der Waals surface area contributed by atoms with Gasteiger partial charge in [0.25, 0.3) is 0 Å². The highest BCUT2D eigenvalue weighted by molar-refractivity contribution is 5.32. The van der Waals surface area contributed by atoms with Gasteiger partial charge in [0.1, 0.15) is 5.82 Å². The van der Waals surface area contributed by atoms with Crippen molar-refractivity contribution in [1.29, 1.82) is 0 Å². The quantitative estimate of drug-likeness (QED) is 0.753. The molecule has 2 rings (SSSR count). The van der Waals surface area contributed by atoms with E-state index in [1.165, 1.54) is 12.8 Å². The topological polar surface area (TPSA) is 41.9 Å². The van der Waals surface area contributed by atoms with E-state index in [0.29, 0.717) is 6.04 Å². The monoisotopic (exact) mass is 194 g/mol. The van der Waals surface area contributed by atoms with E-state index in [-0.39, 0.29) is 0 Å². The normalized spacial score (nSPS) is 21.4. The molecule has 4 heteroatoms. The van der Waals surface area contributed by atoms with Crippen LogP contribution in [0.4, 0.5) is 5.82 Å². The molecule has 0 bridgehead atoms. The molecule has 0 amide bonds. The number of nitrogens with one attached hydrogen (secondary N) is 2. The lowest BCUT2D eigenvalue weighted by Gasteiger charge is -2.10. The van der Waals surface area contributed by atoms with Crippen LogP contribution in [0.5, 0.6) is 0 Å². The summed E-state index contributed by atoms with van der Waals surface area (Å²) in [6.07, 6.45) is 4.58. The zero-order valence-electron chi connectivity index (χ0n) is 8.66. The first kappa shape index (κ1) is 9.52. The van der Waals surface area contributed by atoms with E-state index in [4.69, 9.17) is 0 Å². The Kier molecular flexibility index (Phi) is 3.03. The first-order valence-electron chi connectivity index (χ1n) is 5.39. The molecule has 14 heavy (non-hydrogen) atoms. The number of rotatable bonds is 4. The molecule has 0 radical (unpaired) electrons. The zero-order chi connectivity index (χ0) is 9.80. The van der Waals surface area contributed by atoms with Crippen molar-refractivity contribution in [2.75, 3.05) is 18.4 Å². The fourth-order valence-electron chi connectivity index (χ4n) is 1.79. The summed E-state index contributed by atoms with van der Waals surface area (Å²) in [4.78, 5) is 0. The Balaban J connectivity index is 1.79. The van der Waals surface area contributed by atoms with Crippen molar-refractivity contribution in [1.82, 2.24) is 15.1 Å². The van der Waals surface area contributed by atoms with Crippen LogP contribution in [0.2, 0.25) is 0 Å². The van der Waals surface area contributed by atoms with E-state index in [1.807, 2.05) is 16.9 Å². The summed E-state index contributed by atoms with van der Waals surface area (Å²) in [5.41, 5.74) is 0. The summed E-state index contributed by atoms with van der Waals surface area (Å²) < 4.78 is 1.93. The van der Waals surface area contributed by atoms with Gasteiger partial charge < -0.3 is 10.6 Å². The van der Waals surface area contributed by atoms with Crippen LogP contribution in [-0.4, -0.2) is 28.9 Å². The molecule has 78 valence electrons. The number of hydrogen-bond acceptors (Lipinski definition) is 3. The maximum Gasteiger partial charge on any atom is 0.148 e. The Hall–Kier alpha value is -1.03. The lowest BCUT2D eigenvalue weighted by Crippen LogP contribution is -2.29. The lowest BCUT2D eigenvalue weighted by atomic mass is 10.2. The van der Waals surface area contributed by atoms with Gasteiger partial charge in [-0.05, 0) is 26.3 Å². The van der Waals surface area contributed by atoms with Crippen molar-refractivity contribution in [3.8, 4) is 0 Å². The largest absolute Gasteiger partial charge is 0.367 e. The minimum absolute atomic E-state index is 0.627. The molecule has 0 saturated carbocycles. The van der Waals surface area contributed by atoms with E-state index in [0.717, 1.165) is 25.5 Å². The second-order valence-corrected chi connectivity index (χ2v) is 3.73. The van der Waals surface area contributed by atoms with Crippen LogP contribution < -0.4 is 10.6 Å². The molecular weight excluding hydrogens is 176 g/mol. The molecule has 4 nitrogen and oxygen atoms in total. The minimum Gasteiger partial charge on any atom is -0.367 e. The second-order valence-electron chi connectivity index (χ2n) is 3.73. The molecule has 2 N–H and O–H groups in total. The van der Waals surface area contributed by atoms with Gasteiger partial charge in [0.15, 0.2) is 0 Å². The third-order valence-electron chi connectivity index (χ3n) is 2.66. The molecule has 0 unspecified atom stereocenters. The number of anilines is 1. The Labute approximate surface area is 84.7 Å². The Bertz CT molecular complexity index is 275. The molecule has 2 heterocycles. The highest BCUT2D eigenvalue weighted by Crippen LogP contribution is 2.07. The van der Waals surface area contributed by atoms with Crippen molar-refractivity contribution in [2.45, 2.75) is 32.4 Å². The molecule has 1 fully saturated rings. The number of nitrogens with zero attached hydrogens (tertiary/aromatic N) is 2. The van der Waals surface area contributed by atoms with Crippen LogP contribution in [0.1, 0.15) is 19.8 Å². The Morgan fingerprint density at radius 2 is 2.64 bits per heavy atom. The van der Waals surface area contributed by atoms with Gasteiger partial charge in [-0.15, -0.1) is 0 Å². The summed E-state index contributed by atoms with van der Waals surface area (Å²) in [6, 6.07) is 2.65. The molecule has 1 aromatic heterocycles. The maximum absolute atomic E-state index is 4.37. The number of aryl methyl sites for hydroxylation is 1. The first-order chi connectivity index (χ1) is 6.88. The zero-order valence-corrected chi connectivity index (χ0v) is 8.66. The van der Waals surface area contributed by atoms with E-state index < -0.39 is 0 Å². The second kappa shape index (κ2) is 4.46. The van der Waals surface area contributed by atoms with Crippen molar-refractivity contribution in [3.05, 3.63) is 12.3 Å². The number of aromatic nitrogens is 2. The van der Waals surface area contributed by atoms with Gasteiger partial charge in [0, 0.05) is 31.4 Å². The van der Waals surface area contributed by atoms with Crippen molar-refractivity contribution in [3.63, 3.8) is 0 Å². The average Bonchev–Trinajstić information content (AvgIpc) is 2.86. The standard InChI is InChI=1S/C10H18N4/c1-2-14-7-5-10(13-14)12-8-9-4-3-6-11-9/h5,7,9,11H,2-4,6,8H2,1H3,(H,12,13)/t9-/m1/s1. The van der Waals surface area contributed by atoms with Crippen LogP contribution in [0.25, 0.3) is 0 Å². The molecule has 1 atom stereocenters.